The summed E-state index contributed by atoms with van der Waals surface area (Å²) < 4.78 is 39.0. The lowest BCUT2D eigenvalue weighted by Gasteiger charge is -2.26. The fourth-order valence-corrected chi connectivity index (χ4v) is 2.51. The van der Waals surface area contributed by atoms with E-state index in [4.69, 9.17) is 0 Å². The van der Waals surface area contributed by atoms with Crippen LogP contribution in [0.4, 0.5) is 18.9 Å². The van der Waals surface area contributed by atoms with Crippen LogP contribution in [0.3, 0.4) is 0 Å². The molecule has 0 bridgehead atoms. The summed E-state index contributed by atoms with van der Waals surface area (Å²) >= 11 is 0. The van der Waals surface area contributed by atoms with Gasteiger partial charge in [-0.1, -0.05) is 19.1 Å². The van der Waals surface area contributed by atoms with Crippen LogP contribution in [0.2, 0.25) is 0 Å². The Bertz CT molecular complexity index is 417. The van der Waals surface area contributed by atoms with Crippen molar-refractivity contribution in [1.29, 1.82) is 0 Å². The molecule has 1 aliphatic rings. The van der Waals surface area contributed by atoms with Crippen LogP contribution in [0.1, 0.15) is 25.3 Å². The summed E-state index contributed by atoms with van der Waals surface area (Å²) in [5, 5.41) is 3.37. The molecule has 0 saturated carbocycles. The van der Waals surface area contributed by atoms with Gasteiger partial charge in [0.1, 0.15) is 0 Å². The Morgan fingerprint density at radius 3 is 2.68 bits per heavy atom. The van der Waals surface area contributed by atoms with Gasteiger partial charge < -0.3 is 10.2 Å². The van der Waals surface area contributed by atoms with Crippen molar-refractivity contribution in [2.45, 2.75) is 32.0 Å². The molecule has 5 heteroatoms. The van der Waals surface area contributed by atoms with Crippen molar-refractivity contribution in [3.05, 3.63) is 29.8 Å². The smallest absolute Gasteiger partial charge is 0.370 e. The zero-order chi connectivity index (χ0) is 13.9. The van der Waals surface area contributed by atoms with E-state index >= 15 is 0 Å². The highest BCUT2D eigenvalue weighted by atomic mass is 19.4. The van der Waals surface area contributed by atoms with Gasteiger partial charge in [0.05, 0.1) is 5.56 Å². The van der Waals surface area contributed by atoms with Gasteiger partial charge in [0, 0.05) is 31.4 Å². The molecule has 19 heavy (non-hydrogen) atoms. The molecule has 1 aliphatic heterocycles. The summed E-state index contributed by atoms with van der Waals surface area (Å²) in [5.74, 6) is 0. The van der Waals surface area contributed by atoms with Crippen LogP contribution in [0.25, 0.3) is 0 Å². The second-order valence-corrected chi connectivity index (χ2v) is 4.85. The lowest BCUT2D eigenvalue weighted by Crippen LogP contribution is -2.30. The van der Waals surface area contributed by atoms with Gasteiger partial charge >= 0.3 is 6.18 Å². The second kappa shape index (κ2) is 5.82. The lowest BCUT2D eigenvalue weighted by molar-refractivity contribution is -0.137. The van der Waals surface area contributed by atoms with E-state index in [9.17, 15) is 13.2 Å². The Labute approximate surface area is 111 Å². The van der Waals surface area contributed by atoms with Crippen molar-refractivity contribution < 1.29 is 13.2 Å². The maximum atomic E-state index is 13.0. The molecule has 1 saturated heterocycles. The zero-order valence-electron chi connectivity index (χ0n) is 11.0. The van der Waals surface area contributed by atoms with Crippen molar-refractivity contribution >= 4 is 5.69 Å². The minimum Gasteiger partial charge on any atom is -0.370 e. The first-order chi connectivity index (χ1) is 9.02. The normalized spacial score (nSPS) is 21.3. The van der Waals surface area contributed by atoms with Gasteiger partial charge in [-0.05, 0) is 25.0 Å². The van der Waals surface area contributed by atoms with E-state index in [0.29, 0.717) is 24.8 Å². The highest BCUT2D eigenvalue weighted by Crippen LogP contribution is 2.36. The minimum atomic E-state index is -4.29. The molecule has 0 spiro atoms. The van der Waals surface area contributed by atoms with Crippen molar-refractivity contribution in [3.8, 4) is 0 Å². The van der Waals surface area contributed by atoms with Gasteiger partial charge in [-0.3, -0.25) is 0 Å². The lowest BCUT2D eigenvalue weighted by atomic mass is 10.1. The Hall–Kier alpha value is -1.23. The highest BCUT2D eigenvalue weighted by Gasteiger charge is 2.34. The number of hydrogen-bond acceptors (Lipinski definition) is 2. The third kappa shape index (κ3) is 3.41. The van der Waals surface area contributed by atoms with E-state index in [1.54, 1.807) is 12.1 Å². The van der Waals surface area contributed by atoms with Crippen LogP contribution >= 0.6 is 0 Å². The summed E-state index contributed by atoms with van der Waals surface area (Å²) in [7, 11) is 0. The number of alkyl halides is 3. The number of rotatable bonds is 2. The van der Waals surface area contributed by atoms with Gasteiger partial charge in [0.2, 0.25) is 0 Å². The van der Waals surface area contributed by atoms with E-state index in [0.717, 1.165) is 25.5 Å². The molecule has 1 aromatic rings. The summed E-state index contributed by atoms with van der Waals surface area (Å²) in [6.07, 6.45) is -2.40. The number of nitrogens with zero attached hydrogens (tertiary/aromatic N) is 1. The molecule has 106 valence electrons. The van der Waals surface area contributed by atoms with E-state index in [1.807, 2.05) is 4.90 Å². The molecular weight excluding hydrogens is 253 g/mol. The summed E-state index contributed by atoms with van der Waals surface area (Å²) in [5.41, 5.74) is -0.237. The Kier molecular flexibility index (Phi) is 4.34. The molecule has 2 nitrogen and oxygen atoms in total. The number of hydrogen-bond donors (Lipinski definition) is 1. The molecule has 0 amide bonds. The quantitative estimate of drug-likeness (QED) is 0.888. The average molecular weight is 272 g/mol. The first-order valence-electron chi connectivity index (χ1n) is 6.67. The molecular formula is C14H19F3N2. The maximum absolute atomic E-state index is 13.0. The molecule has 1 atom stereocenters. The fraction of sp³-hybridized carbons (Fsp3) is 0.571. The van der Waals surface area contributed by atoms with Crippen molar-refractivity contribution in [2.24, 2.45) is 0 Å². The molecule has 0 aliphatic carbocycles. The van der Waals surface area contributed by atoms with Crippen molar-refractivity contribution in [1.82, 2.24) is 5.32 Å². The van der Waals surface area contributed by atoms with Crippen LogP contribution in [0.5, 0.6) is 0 Å². The standard InChI is InChI=1S/C14H19F3N2/c1-2-11-7-9-19(10-8-18-11)13-6-4-3-5-12(13)14(15,16)17/h3-6,11,18H,2,7-10H2,1H3. The Balaban J connectivity index is 2.22. The van der Waals surface area contributed by atoms with Crippen LogP contribution < -0.4 is 10.2 Å². The van der Waals surface area contributed by atoms with Crippen LogP contribution in [0.15, 0.2) is 24.3 Å². The largest absolute Gasteiger partial charge is 0.418 e. The van der Waals surface area contributed by atoms with E-state index in [2.05, 4.69) is 12.2 Å². The topological polar surface area (TPSA) is 15.3 Å². The van der Waals surface area contributed by atoms with Crippen LogP contribution in [-0.4, -0.2) is 25.7 Å². The predicted octanol–water partition coefficient (Wildman–Crippen LogP) is 3.28. The van der Waals surface area contributed by atoms with Gasteiger partial charge in [0.25, 0.3) is 0 Å². The van der Waals surface area contributed by atoms with Crippen LogP contribution in [-0.2, 0) is 6.18 Å². The van der Waals surface area contributed by atoms with Gasteiger partial charge in [0.15, 0.2) is 0 Å². The fourth-order valence-electron chi connectivity index (χ4n) is 2.51. The van der Waals surface area contributed by atoms with Gasteiger partial charge in [-0.2, -0.15) is 13.2 Å². The number of para-hydroxylation sites is 1. The minimum absolute atomic E-state index is 0.300. The predicted molar refractivity (Wildman–Crippen MR) is 70.4 cm³/mol. The molecule has 1 fully saturated rings. The van der Waals surface area contributed by atoms with Crippen molar-refractivity contribution in [2.75, 3.05) is 24.5 Å². The first kappa shape index (κ1) is 14.2. The highest BCUT2D eigenvalue weighted by molar-refractivity contribution is 5.55. The third-order valence-electron chi connectivity index (χ3n) is 3.61. The molecule has 1 N–H and O–H groups in total. The summed E-state index contributed by atoms with van der Waals surface area (Å²) in [6.45, 7) is 4.10. The summed E-state index contributed by atoms with van der Waals surface area (Å²) in [6, 6.07) is 6.24. The molecule has 0 aromatic heterocycles. The Morgan fingerprint density at radius 1 is 1.26 bits per heavy atom. The molecule has 1 unspecified atom stereocenters. The monoisotopic (exact) mass is 272 g/mol. The molecule has 0 radical (unpaired) electrons. The Morgan fingerprint density at radius 2 is 2.00 bits per heavy atom. The number of benzene rings is 1. The SMILES string of the molecule is CCC1CCN(c2ccccc2C(F)(F)F)CCN1. The zero-order valence-corrected chi connectivity index (χ0v) is 11.0. The molecule has 1 heterocycles. The third-order valence-corrected chi connectivity index (χ3v) is 3.61. The number of anilines is 1. The maximum Gasteiger partial charge on any atom is 0.418 e. The second-order valence-electron chi connectivity index (χ2n) is 4.85. The number of halogens is 3. The van der Waals surface area contributed by atoms with Crippen LogP contribution in [0, 0.1) is 0 Å². The van der Waals surface area contributed by atoms with Gasteiger partial charge in [-0.15, -0.1) is 0 Å². The van der Waals surface area contributed by atoms with Gasteiger partial charge in [-0.25, -0.2) is 0 Å². The molecule has 2 rings (SSSR count). The first-order valence-corrected chi connectivity index (χ1v) is 6.67. The van der Waals surface area contributed by atoms with E-state index in [1.165, 1.54) is 6.07 Å². The summed E-state index contributed by atoms with van der Waals surface area (Å²) in [4.78, 5) is 1.84. The average Bonchev–Trinajstić information content (AvgIpc) is 2.63. The number of nitrogens with one attached hydrogen (secondary N) is 1. The molecule has 1 aromatic carbocycles. The van der Waals surface area contributed by atoms with E-state index in [-0.39, 0.29) is 0 Å². The van der Waals surface area contributed by atoms with Crippen molar-refractivity contribution in [3.63, 3.8) is 0 Å². The van der Waals surface area contributed by atoms with E-state index < -0.39 is 11.7 Å².